The lowest BCUT2D eigenvalue weighted by molar-refractivity contribution is 0.201. The molecule has 6 heteroatoms. The van der Waals surface area contributed by atoms with Crippen LogP contribution in [0.1, 0.15) is 36.8 Å². The molecule has 1 aliphatic carbocycles. The molecule has 144 valence electrons. The number of carbonyl (C=O) groups is 1. The average Bonchev–Trinajstić information content (AvgIpc) is 3.12. The van der Waals surface area contributed by atoms with E-state index in [9.17, 15) is 4.79 Å². The van der Waals surface area contributed by atoms with Gasteiger partial charge in [0.2, 0.25) is 0 Å². The highest BCUT2D eigenvalue weighted by atomic mass is 16.5. The number of carbonyl (C=O) groups excluding carboxylic acids is 1. The quantitative estimate of drug-likeness (QED) is 0.665. The van der Waals surface area contributed by atoms with Crippen molar-refractivity contribution in [2.75, 3.05) is 18.2 Å². The second-order valence-corrected chi connectivity index (χ2v) is 6.95. The maximum Gasteiger partial charge on any atom is 0.319 e. The topological polar surface area (TPSA) is 85.6 Å². The summed E-state index contributed by atoms with van der Waals surface area (Å²) < 4.78 is 11.4. The number of anilines is 2. The molecule has 3 rings (SSSR count). The zero-order chi connectivity index (χ0) is 19.2. The molecule has 1 saturated carbocycles. The number of benzene rings is 2. The standard InChI is InChI=1S/C21H27N3O3/c1-14-9-15(11-16(22)10-14)13-23-21(25)24-17-7-8-19(26-2)20(12-17)27-18-5-3-4-6-18/h7-12,18H,3-6,13,22H2,1-2H3,(H2,23,24,25). The Kier molecular flexibility index (Phi) is 6.06. The number of amides is 2. The molecule has 2 aromatic carbocycles. The second-order valence-electron chi connectivity index (χ2n) is 6.95. The summed E-state index contributed by atoms with van der Waals surface area (Å²) in [5, 5.41) is 5.69. The van der Waals surface area contributed by atoms with Crippen molar-refractivity contribution in [2.45, 2.75) is 45.3 Å². The zero-order valence-corrected chi connectivity index (χ0v) is 15.9. The molecule has 0 unspecified atom stereocenters. The Bertz CT molecular complexity index is 781. The lowest BCUT2D eigenvalue weighted by Crippen LogP contribution is -2.28. The number of nitrogens with one attached hydrogen (secondary N) is 2. The van der Waals surface area contributed by atoms with Crippen molar-refractivity contribution in [1.82, 2.24) is 5.32 Å². The molecule has 0 atom stereocenters. The summed E-state index contributed by atoms with van der Waals surface area (Å²) in [5.41, 5.74) is 9.22. The van der Waals surface area contributed by atoms with Gasteiger partial charge < -0.3 is 25.8 Å². The maximum absolute atomic E-state index is 12.2. The summed E-state index contributed by atoms with van der Waals surface area (Å²) in [6, 6.07) is 10.9. The third-order valence-corrected chi connectivity index (χ3v) is 4.63. The molecule has 6 nitrogen and oxygen atoms in total. The highest BCUT2D eigenvalue weighted by Gasteiger charge is 2.19. The van der Waals surface area contributed by atoms with Crippen LogP contribution in [0.2, 0.25) is 0 Å². The van der Waals surface area contributed by atoms with E-state index in [0.29, 0.717) is 29.4 Å². The van der Waals surface area contributed by atoms with Gasteiger partial charge in [-0.15, -0.1) is 0 Å². The van der Waals surface area contributed by atoms with Gasteiger partial charge in [0.1, 0.15) is 0 Å². The molecule has 1 aliphatic rings. The van der Waals surface area contributed by atoms with E-state index in [1.54, 1.807) is 25.3 Å². The molecular weight excluding hydrogens is 342 g/mol. The molecule has 0 spiro atoms. The number of hydrogen-bond acceptors (Lipinski definition) is 4. The van der Waals surface area contributed by atoms with Crippen LogP contribution in [-0.4, -0.2) is 19.2 Å². The molecule has 0 aliphatic heterocycles. The van der Waals surface area contributed by atoms with Crippen molar-refractivity contribution >= 4 is 17.4 Å². The Morgan fingerprint density at radius 1 is 1.15 bits per heavy atom. The van der Waals surface area contributed by atoms with Crippen molar-refractivity contribution < 1.29 is 14.3 Å². The van der Waals surface area contributed by atoms with Gasteiger partial charge in [0.25, 0.3) is 0 Å². The van der Waals surface area contributed by atoms with Crippen LogP contribution in [0.15, 0.2) is 36.4 Å². The maximum atomic E-state index is 12.2. The van der Waals surface area contributed by atoms with Crippen molar-refractivity contribution in [2.24, 2.45) is 0 Å². The van der Waals surface area contributed by atoms with Gasteiger partial charge in [0.05, 0.1) is 13.2 Å². The Hall–Kier alpha value is -2.89. The van der Waals surface area contributed by atoms with Gasteiger partial charge in [0, 0.05) is 24.0 Å². The van der Waals surface area contributed by atoms with E-state index >= 15 is 0 Å². The molecule has 2 amide bonds. The fraction of sp³-hybridized carbons (Fsp3) is 0.381. The van der Waals surface area contributed by atoms with Gasteiger partial charge in [0.15, 0.2) is 11.5 Å². The third-order valence-electron chi connectivity index (χ3n) is 4.63. The van der Waals surface area contributed by atoms with Gasteiger partial charge in [-0.3, -0.25) is 0 Å². The van der Waals surface area contributed by atoms with Gasteiger partial charge in [-0.25, -0.2) is 4.79 Å². The van der Waals surface area contributed by atoms with E-state index in [4.69, 9.17) is 15.2 Å². The number of hydrogen-bond donors (Lipinski definition) is 3. The number of methoxy groups -OCH3 is 1. The second kappa shape index (κ2) is 8.66. The van der Waals surface area contributed by atoms with Gasteiger partial charge in [-0.2, -0.15) is 0 Å². The molecule has 0 aromatic heterocycles. The summed E-state index contributed by atoms with van der Waals surface area (Å²) in [6.45, 7) is 2.38. The SMILES string of the molecule is COc1ccc(NC(=O)NCc2cc(C)cc(N)c2)cc1OC1CCCC1. The zero-order valence-electron chi connectivity index (χ0n) is 15.9. The Morgan fingerprint density at radius 3 is 2.63 bits per heavy atom. The molecule has 4 N–H and O–H groups in total. The highest BCUT2D eigenvalue weighted by molar-refractivity contribution is 5.89. The largest absolute Gasteiger partial charge is 0.493 e. The van der Waals surface area contributed by atoms with Crippen molar-refractivity contribution in [1.29, 1.82) is 0 Å². The molecule has 0 radical (unpaired) electrons. The summed E-state index contributed by atoms with van der Waals surface area (Å²) in [6.07, 6.45) is 4.71. The Labute approximate surface area is 160 Å². The summed E-state index contributed by atoms with van der Waals surface area (Å²) in [5.74, 6) is 1.33. The van der Waals surface area contributed by atoms with E-state index in [2.05, 4.69) is 10.6 Å². The molecule has 27 heavy (non-hydrogen) atoms. The lowest BCUT2D eigenvalue weighted by atomic mass is 10.1. The molecule has 0 bridgehead atoms. The summed E-state index contributed by atoms with van der Waals surface area (Å²) in [4.78, 5) is 12.2. The monoisotopic (exact) mass is 369 g/mol. The van der Waals surface area contributed by atoms with E-state index in [1.807, 2.05) is 25.1 Å². The highest BCUT2D eigenvalue weighted by Crippen LogP contribution is 2.33. The van der Waals surface area contributed by atoms with Crippen molar-refractivity contribution in [3.05, 3.63) is 47.5 Å². The van der Waals surface area contributed by atoms with Crippen LogP contribution in [0.25, 0.3) is 0 Å². The first kappa shape index (κ1) is 18.9. The third kappa shape index (κ3) is 5.29. The minimum Gasteiger partial charge on any atom is -0.493 e. The fourth-order valence-electron chi connectivity index (χ4n) is 3.39. The smallest absolute Gasteiger partial charge is 0.319 e. The van der Waals surface area contributed by atoms with Gasteiger partial charge in [-0.1, -0.05) is 6.07 Å². The van der Waals surface area contributed by atoms with Crippen LogP contribution < -0.4 is 25.8 Å². The van der Waals surface area contributed by atoms with Crippen LogP contribution in [0, 0.1) is 6.92 Å². The van der Waals surface area contributed by atoms with Crippen LogP contribution in [-0.2, 0) is 6.54 Å². The normalized spacial score (nSPS) is 14.0. The average molecular weight is 369 g/mol. The summed E-state index contributed by atoms with van der Waals surface area (Å²) in [7, 11) is 1.62. The number of rotatable bonds is 6. The number of urea groups is 1. The lowest BCUT2D eigenvalue weighted by Gasteiger charge is -2.17. The molecule has 1 fully saturated rings. The van der Waals surface area contributed by atoms with Gasteiger partial charge in [-0.05, 0) is 68.0 Å². The van der Waals surface area contributed by atoms with Crippen LogP contribution in [0.3, 0.4) is 0 Å². The van der Waals surface area contributed by atoms with Gasteiger partial charge >= 0.3 is 6.03 Å². The number of nitrogen functional groups attached to an aromatic ring is 1. The van der Waals surface area contributed by atoms with Crippen LogP contribution in [0.4, 0.5) is 16.2 Å². The Morgan fingerprint density at radius 2 is 1.93 bits per heavy atom. The summed E-state index contributed by atoms with van der Waals surface area (Å²) >= 11 is 0. The van der Waals surface area contributed by atoms with Crippen molar-refractivity contribution in [3.8, 4) is 11.5 Å². The minimum absolute atomic E-state index is 0.217. The number of nitrogens with two attached hydrogens (primary N) is 1. The van der Waals surface area contributed by atoms with E-state index < -0.39 is 0 Å². The van der Waals surface area contributed by atoms with E-state index in [0.717, 1.165) is 24.0 Å². The first-order valence-corrected chi connectivity index (χ1v) is 9.29. The van der Waals surface area contributed by atoms with Crippen LogP contribution >= 0.6 is 0 Å². The molecule has 2 aromatic rings. The Balaban J connectivity index is 1.61. The minimum atomic E-state index is -0.285. The predicted octanol–water partition coefficient (Wildman–Crippen LogP) is 4.23. The number of ether oxygens (including phenoxy) is 2. The molecule has 0 saturated heterocycles. The van der Waals surface area contributed by atoms with Crippen LogP contribution in [0.5, 0.6) is 11.5 Å². The van der Waals surface area contributed by atoms with E-state index in [-0.39, 0.29) is 12.1 Å². The molecule has 0 heterocycles. The van der Waals surface area contributed by atoms with E-state index in [1.165, 1.54) is 12.8 Å². The molecular formula is C21H27N3O3. The first-order valence-electron chi connectivity index (χ1n) is 9.29. The first-order chi connectivity index (χ1) is 13.0. The number of aryl methyl sites for hydroxylation is 1. The van der Waals surface area contributed by atoms with Crippen molar-refractivity contribution in [3.63, 3.8) is 0 Å². The fourth-order valence-corrected chi connectivity index (χ4v) is 3.39. The predicted molar refractivity (Wildman–Crippen MR) is 107 cm³/mol.